The largest absolute Gasteiger partial charge is 0.361 e. The molecule has 0 spiro atoms. The molecule has 0 aromatic carbocycles. The van der Waals surface area contributed by atoms with Crippen LogP contribution in [0.1, 0.15) is 53.9 Å². The van der Waals surface area contributed by atoms with Crippen LogP contribution in [0, 0.1) is 5.92 Å². The summed E-state index contributed by atoms with van der Waals surface area (Å²) in [6.45, 7) is 10.9. The highest BCUT2D eigenvalue weighted by Crippen LogP contribution is 2.36. The lowest BCUT2D eigenvalue weighted by Crippen LogP contribution is -2.69. The van der Waals surface area contributed by atoms with Gasteiger partial charge in [-0.25, -0.2) is 5.43 Å². The third-order valence-corrected chi connectivity index (χ3v) is 4.98. The lowest BCUT2D eigenvalue weighted by Gasteiger charge is -2.53. The lowest BCUT2D eigenvalue weighted by atomic mass is 9.69. The van der Waals surface area contributed by atoms with Crippen LogP contribution in [-0.4, -0.2) is 28.9 Å². The molecule has 0 saturated carbocycles. The minimum atomic E-state index is -0.976. The van der Waals surface area contributed by atoms with E-state index in [0.29, 0.717) is 5.92 Å². The molecule has 0 bridgehead atoms. The Labute approximate surface area is 121 Å². The fraction of sp³-hybridized carbons (Fsp3) is 0.857. The number of carbonyl (C=O) groups is 2. The molecule has 0 radical (unpaired) electrons. The van der Waals surface area contributed by atoms with Crippen molar-refractivity contribution in [1.29, 1.82) is 0 Å². The van der Waals surface area contributed by atoms with Gasteiger partial charge >= 0.3 is 11.8 Å². The summed E-state index contributed by atoms with van der Waals surface area (Å²) in [7, 11) is 0. The third-order valence-electron chi connectivity index (χ3n) is 4.98. The summed E-state index contributed by atoms with van der Waals surface area (Å²) in [5.74, 6) is -1.47. The van der Waals surface area contributed by atoms with Gasteiger partial charge in [-0.2, -0.15) is 0 Å². The molecule has 6 heteroatoms. The van der Waals surface area contributed by atoms with Crippen molar-refractivity contribution in [3.05, 3.63) is 0 Å². The predicted octanol–water partition coefficient (Wildman–Crippen LogP) is 0.428. The molecule has 1 fully saturated rings. The van der Waals surface area contributed by atoms with E-state index in [1.165, 1.54) is 0 Å². The smallest absolute Gasteiger partial charge is 0.323 e. The molecule has 20 heavy (non-hydrogen) atoms. The molecule has 2 amide bonds. The third kappa shape index (κ3) is 3.49. The monoisotopic (exact) mass is 284 g/mol. The Kier molecular flexibility index (Phi) is 5.15. The number of hydrogen-bond acceptors (Lipinski definition) is 4. The molecule has 5 N–H and O–H groups in total. The van der Waals surface area contributed by atoms with E-state index in [9.17, 15) is 9.59 Å². The van der Waals surface area contributed by atoms with Crippen molar-refractivity contribution in [2.24, 2.45) is 11.7 Å². The molecular weight excluding hydrogens is 256 g/mol. The maximum atomic E-state index is 11.3. The number of carbonyl (C=O) groups excluding carboxylic acids is 2. The number of primary amides is 1. The fourth-order valence-electron chi connectivity index (χ4n) is 3.00. The van der Waals surface area contributed by atoms with Crippen molar-refractivity contribution in [1.82, 2.24) is 16.2 Å². The number of nitrogens with two attached hydrogens (primary N) is 1. The summed E-state index contributed by atoms with van der Waals surface area (Å²) in [6.07, 6.45) is 2.86. The van der Waals surface area contributed by atoms with Gasteiger partial charge < -0.3 is 11.1 Å². The Morgan fingerprint density at radius 1 is 1.30 bits per heavy atom. The Hall–Kier alpha value is -1.14. The van der Waals surface area contributed by atoms with Crippen LogP contribution in [0.2, 0.25) is 0 Å². The molecule has 0 aromatic heterocycles. The highest BCUT2D eigenvalue weighted by atomic mass is 16.2. The fourth-order valence-corrected chi connectivity index (χ4v) is 3.00. The Bertz CT molecular complexity index is 387. The normalized spacial score (nSPS) is 37.5. The first-order chi connectivity index (χ1) is 9.17. The maximum absolute atomic E-state index is 11.3. The number of amides is 2. The van der Waals surface area contributed by atoms with Crippen molar-refractivity contribution in [3.63, 3.8) is 0 Å². The number of hydrazine groups is 1. The van der Waals surface area contributed by atoms with E-state index >= 15 is 0 Å². The average molecular weight is 284 g/mol. The van der Waals surface area contributed by atoms with Crippen LogP contribution in [0.3, 0.4) is 0 Å². The molecule has 4 unspecified atom stereocenters. The summed E-state index contributed by atoms with van der Waals surface area (Å²) in [5, 5.41) is 3.75. The molecule has 1 heterocycles. The summed E-state index contributed by atoms with van der Waals surface area (Å²) >= 11 is 0. The number of hydrogen-bond donors (Lipinski definition) is 4. The van der Waals surface area contributed by atoms with Gasteiger partial charge in [0, 0.05) is 17.1 Å². The van der Waals surface area contributed by atoms with E-state index in [-0.39, 0.29) is 17.1 Å². The number of piperidine rings is 1. The molecule has 1 aliphatic rings. The second-order valence-electron chi connectivity index (χ2n) is 6.37. The second kappa shape index (κ2) is 6.10. The van der Waals surface area contributed by atoms with Gasteiger partial charge in [0.15, 0.2) is 0 Å². The lowest BCUT2D eigenvalue weighted by molar-refractivity contribution is -0.138. The molecule has 1 saturated heterocycles. The zero-order valence-electron chi connectivity index (χ0n) is 13.2. The van der Waals surface area contributed by atoms with Crippen molar-refractivity contribution in [2.75, 3.05) is 0 Å². The van der Waals surface area contributed by atoms with Gasteiger partial charge in [0.05, 0.1) is 0 Å². The predicted molar refractivity (Wildman–Crippen MR) is 78.6 cm³/mol. The van der Waals surface area contributed by atoms with Gasteiger partial charge in [-0.05, 0) is 39.0 Å². The minimum Gasteiger partial charge on any atom is -0.361 e. The quantitative estimate of drug-likeness (QED) is 0.444. The Balaban J connectivity index is 2.82. The van der Waals surface area contributed by atoms with Crippen molar-refractivity contribution in [2.45, 2.75) is 71.0 Å². The molecule has 1 rings (SSSR count). The van der Waals surface area contributed by atoms with E-state index < -0.39 is 11.8 Å². The van der Waals surface area contributed by atoms with Crippen molar-refractivity contribution in [3.8, 4) is 0 Å². The van der Waals surface area contributed by atoms with Crippen LogP contribution in [0.5, 0.6) is 0 Å². The second-order valence-corrected chi connectivity index (χ2v) is 6.37. The zero-order valence-corrected chi connectivity index (χ0v) is 13.2. The summed E-state index contributed by atoms with van der Waals surface area (Å²) in [6, 6.07) is 0.0921. The molecule has 0 aromatic rings. The van der Waals surface area contributed by atoms with Crippen molar-refractivity contribution >= 4 is 11.8 Å². The molecule has 1 aliphatic heterocycles. The first-order valence-electron chi connectivity index (χ1n) is 7.32. The first-order valence-corrected chi connectivity index (χ1v) is 7.32. The molecule has 0 aliphatic carbocycles. The minimum absolute atomic E-state index is 0.00634. The van der Waals surface area contributed by atoms with E-state index in [4.69, 9.17) is 5.73 Å². The van der Waals surface area contributed by atoms with Crippen LogP contribution in [0.15, 0.2) is 0 Å². The summed E-state index contributed by atoms with van der Waals surface area (Å²) < 4.78 is 0. The van der Waals surface area contributed by atoms with Crippen LogP contribution in [-0.2, 0) is 9.59 Å². The molecule has 4 atom stereocenters. The van der Waals surface area contributed by atoms with Crippen LogP contribution in [0.4, 0.5) is 0 Å². The van der Waals surface area contributed by atoms with Gasteiger partial charge in [0.2, 0.25) is 0 Å². The average Bonchev–Trinajstić information content (AvgIpc) is 2.40. The van der Waals surface area contributed by atoms with Gasteiger partial charge in [-0.1, -0.05) is 20.8 Å². The van der Waals surface area contributed by atoms with E-state index in [2.05, 4.69) is 50.8 Å². The zero-order chi connectivity index (χ0) is 15.6. The molecular formula is C14H28N4O2. The van der Waals surface area contributed by atoms with Crippen LogP contribution < -0.4 is 21.9 Å². The first kappa shape index (κ1) is 16.9. The van der Waals surface area contributed by atoms with Gasteiger partial charge in [0.1, 0.15) is 0 Å². The standard InChI is InChI=1S/C14H28N4O2/c1-6-13(4)8-10(16-17-12(20)11(15)19)9(3)14(5,7-2)18-13/h9-10,16,18H,6-8H2,1-5H3,(H2,15,19)(H,17,20). The van der Waals surface area contributed by atoms with Gasteiger partial charge in [-0.15, -0.1) is 0 Å². The summed E-state index contributed by atoms with van der Waals surface area (Å²) in [5.41, 5.74) is 10.3. The van der Waals surface area contributed by atoms with E-state index in [0.717, 1.165) is 19.3 Å². The highest BCUT2D eigenvalue weighted by Gasteiger charge is 2.46. The topological polar surface area (TPSA) is 96.2 Å². The SMILES string of the molecule is CCC1(C)CC(NNC(=O)C(N)=O)C(C)C(C)(CC)N1. The summed E-state index contributed by atoms with van der Waals surface area (Å²) in [4.78, 5) is 22.1. The van der Waals surface area contributed by atoms with E-state index in [1.54, 1.807) is 0 Å². The number of nitrogens with one attached hydrogen (secondary N) is 3. The maximum Gasteiger partial charge on any atom is 0.323 e. The Morgan fingerprint density at radius 2 is 1.90 bits per heavy atom. The van der Waals surface area contributed by atoms with E-state index in [1.807, 2.05) is 0 Å². The highest BCUT2D eigenvalue weighted by molar-refractivity contribution is 6.34. The molecule has 116 valence electrons. The molecule has 6 nitrogen and oxygen atoms in total. The van der Waals surface area contributed by atoms with Crippen LogP contribution >= 0.6 is 0 Å². The number of rotatable bonds is 4. The Morgan fingerprint density at radius 3 is 2.35 bits per heavy atom. The van der Waals surface area contributed by atoms with Gasteiger partial charge in [-0.3, -0.25) is 15.0 Å². The van der Waals surface area contributed by atoms with Crippen LogP contribution in [0.25, 0.3) is 0 Å². The van der Waals surface area contributed by atoms with Gasteiger partial charge in [0.25, 0.3) is 0 Å². The van der Waals surface area contributed by atoms with Crippen molar-refractivity contribution < 1.29 is 9.59 Å².